The van der Waals surface area contributed by atoms with Gasteiger partial charge in [-0.1, -0.05) is 24.3 Å². The third-order valence-corrected chi connectivity index (χ3v) is 4.29. The molecule has 0 spiro atoms. The molecular formula is C20H18N4O4. The van der Waals surface area contributed by atoms with Crippen molar-refractivity contribution in [2.45, 2.75) is 6.42 Å². The third kappa shape index (κ3) is 3.66. The first kappa shape index (κ1) is 17.6. The highest BCUT2D eigenvalue weighted by Crippen LogP contribution is 2.33. The maximum Gasteiger partial charge on any atom is 0.276 e. The fourth-order valence-corrected chi connectivity index (χ4v) is 2.93. The van der Waals surface area contributed by atoms with Gasteiger partial charge in [0.25, 0.3) is 5.91 Å². The van der Waals surface area contributed by atoms with Crippen molar-refractivity contribution in [2.75, 3.05) is 18.2 Å². The molecule has 0 bridgehead atoms. The maximum absolute atomic E-state index is 12.4. The van der Waals surface area contributed by atoms with Gasteiger partial charge >= 0.3 is 0 Å². The Bertz CT molecular complexity index is 985. The average molecular weight is 378 g/mol. The molecule has 2 amide bonds. The van der Waals surface area contributed by atoms with Gasteiger partial charge < -0.3 is 20.1 Å². The van der Waals surface area contributed by atoms with Crippen molar-refractivity contribution < 1.29 is 19.1 Å². The highest BCUT2D eigenvalue weighted by atomic mass is 16.7. The minimum Gasteiger partial charge on any atom is -0.454 e. The molecule has 8 heteroatoms. The Balaban J connectivity index is 1.63. The van der Waals surface area contributed by atoms with Crippen LogP contribution in [0.3, 0.4) is 0 Å². The van der Waals surface area contributed by atoms with Crippen LogP contribution in [0.4, 0.5) is 5.69 Å². The molecule has 3 N–H and O–H groups in total. The van der Waals surface area contributed by atoms with Crippen LogP contribution in [0.5, 0.6) is 11.5 Å². The van der Waals surface area contributed by atoms with Gasteiger partial charge in [-0.2, -0.15) is 0 Å². The summed E-state index contributed by atoms with van der Waals surface area (Å²) in [6.45, 7) is 0.486. The van der Waals surface area contributed by atoms with Crippen LogP contribution >= 0.6 is 0 Å². The van der Waals surface area contributed by atoms with Crippen LogP contribution in [0.15, 0.2) is 59.2 Å². The van der Waals surface area contributed by atoms with E-state index in [0.717, 1.165) is 11.3 Å². The minimum atomic E-state index is -0.429. The van der Waals surface area contributed by atoms with E-state index in [-0.39, 0.29) is 24.8 Å². The minimum absolute atomic E-state index is 0.130. The van der Waals surface area contributed by atoms with Gasteiger partial charge in [0.05, 0.1) is 0 Å². The number of amides is 2. The van der Waals surface area contributed by atoms with Gasteiger partial charge in [0.15, 0.2) is 11.5 Å². The number of nitrogens with one attached hydrogen (secondary N) is 1. The fraction of sp³-hybridized carbons (Fsp3) is 0.150. The van der Waals surface area contributed by atoms with Crippen LogP contribution in [-0.4, -0.2) is 31.1 Å². The second-order valence-electron chi connectivity index (χ2n) is 6.24. The van der Waals surface area contributed by atoms with Crippen molar-refractivity contribution in [3.63, 3.8) is 0 Å². The summed E-state index contributed by atoms with van der Waals surface area (Å²) in [4.78, 5) is 29.9. The lowest BCUT2D eigenvalue weighted by Crippen LogP contribution is -2.42. The predicted octanol–water partition coefficient (Wildman–Crippen LogP) is 1.62. The molecule has 0 aliphatic carbocycles. The number of aliphatic imine (C=N–C) groups is 1. The molecule has 0 fully saturated rings. The summed E-state index contributed by atoms with van der Waals surface area (Å²) in [6, 6.07) is 14.8. The van der Waals surface area contributed by atoms with Crippen LogP contribution < -0.4 is 25.4 Å². The van der Waals surface area contributed by atoms with Crippen LogP contribution in [0.1, 0.15) is 12.0 Å². The first-order valence-corrected chi connectivity index (χ1v) is 8.72. The molecule has 4 rings (SSSR count). The lowest BCUT2D eigenvalue weighted by molar-refractivity contribution is -0.118. The summed E-state index contributed by atoms with van der Waals surface area (Å²) >= 11 is 0. The summed E-state index contributed by atoms with van der Waals surface area (Å²) in [6.07, 6.45) is 1.80. The van der Waals surface area contributed by atoms with Crippen molar-refractivity contribution in [3.05, 3.63) is 59.8 Å². The lowest BCUT2D eigenvalue weighted by Gasteiger charge is -2.23. The zero-order valence-corrected chi connectivity index (χ0v) is 14.9. The van der Waals surface area contributed by atoms with Gasteiger partial charge in [-0.25, -0.2) is 4.99 Å². The zero-order chi connectivity index (χ0) is 19.5. The molecule has 0 radical (unpaired) electrons. The van der Waals surface area contributed by atoms with E-state index in [1.807, 2.05) is 36.4 Å². The van der Waals surface area contributed by atoms with Crippen molar-refractivity contribution in [1.82, 2.24) is 5.32 Å². The second kappa shape index (κ2) is 7.43. The molecule has 2 aliphatic rings. The van der Waals surface area contributed by atoms with Crippen LogP contribution in [0, 0.1) is 0 Å². The molecule has 2 aliphatic heterocycles. The first-order valence-electron chi connectivity index (χ1n) is 8.72. The molecular weight excluding hydrogens is 360 g/mol. The molecule has 2 aromatic rings. The van der Waals surface area contributed by atoms with Crippen molar-refractivity contribution in [2.24, 2.45) is 10.7 Å². The second-order valence-corrected chi connectivity index (χ2v) is 6.24. The van der Waals surface area contributed by atoms with E-state index in [0.29, 0.717) is 24.0 Å². The number of carbonyl (C=O) groups excluding carboxylic acids is 2. The molecule has 142 valence electrons. The number of nitrogens with two attached hydrogens (primary N) is 1. The Labute approximate surface area is 161 Å². The van der Waals surface area contributed by atoms with E-state index in [1.54, 1.807) is 23.1 Å². The van der Waals surface area contributed by atoms with Crippen molar-refractivity contribution >= 4 is 29.5 Å². The number of anilines is 1. The van der Waals surface area contributed by atoms with E-state index < -0.39 is 5.91 Å². The summed E-state index contributed by atoms with van der Waals surface area (Å²) in [5.41, 5.74) is 7.12. The number of guanidine groups is 1. The van der Waals surface area contributed by atoms with Gasteiger partial charge in [-0.3, -0.25) is 14.9 Å². The van der Waals surface area contributed by atoms with Crippen LogP contribution in [0.25, 0.3) is 6.08 Å². The molecule has 0 saturated heterocycles. The van der Waals surface area contributed by atoms with E-state index >= 15 is 0 Å². The van der Waals surface area contributed by atoms with E-state index in [2.05, 4.69) is 10.3 Å². The fourth-order valence-electron chi connectivity index (χ4n) is 2.93. The number of rotatable bonds is 5. The molecule has 8 nitrogen and oxygen atoms in total. The number of benzene rings is 2. The van der Waals surface area contributed by atoms with Gasteiger partial charge in [0.1, 0.15) is 5.70 Å². The predicted molar refractivity (Wildman–Crippen MR) is 104 cm³/mol. The van der Waals surface area contributed by atoms with Crippen molar-refractivity contribution in [1.29, 1.82) is 0 Å². The van der Waals surface area contributed by atoms with Gasteiger partial charge in [0, 0.05) is 18.7 Å². The maximum atomic E-state index is 12.4. The van der Waals surface area contributed by atoms with E-state index in [1.165, 1.54) is 0 Å². The van der Waals surface area contributed by atoms with Gasteiger partial charge in [-0.15, -0.1) is 0 Å². The van der Waals surface area contributed by atoms with Gasteiger partial charge in [0.2, 0.25) is 18.7 Å². The monoisotopic (exact) mass is 378 g/mol. The molecule has 28 heavy (non-hydrogen) atoms. The normalized spacial score (nSPS) is 16.1. The van der Waals surface area contributed by atoms with E-state index in [9.17, 15) is 9.59 Å². The van der Waals surface area contributed by atoms with Crippen LogP contribution in [0.2, 0.25) is 0 Å². The number of ether oxygens (including phenoxy) is 2. The van der Waals surface area contributed by atoms with Crippen molar-refractivity contribution in [3.8, 4) is 11.5 Å². The third-order valence-electron chi connectivity index (χ3n) is 4.29. The Morgan fingerprint density at radius 2 is 1.96 bits per heavy atom. The average Bonchev–Trinajstić information content (AvgIpc) is 3.29. The largest absolute Gasteiger partial charge is 0.454 e. The Kier molecular flexibility index (Phi) is 4.67. The number of primary amides is 1. The number of carbonyl (C=O) groups is 2. The first-order chi connectivity index (χ1) is 13.6. The molecule has 0 aromatic heterocycles. The Morgan fingerprint density at radius 1 is 1.18 bits per heavy atom. The smallest absolute Gasteiger partial charge is 0.276 e. The molecule has 0 unspecified atom stereocenters. The quantitative estimate of drug-likeness (QED) is 0.769. The number of hydrogen-bond donors (Lipinski definition) is 2. The topological polar surface area (TPSA) is 106 Å². The number of nitrogens with zero attached hydrogens (tertiary/aromatic N) is 2. The zero-order valence-electron chi connectivity index (χ0n) is 14.9. The summed E-state index contributed by atoms with van der Waals surface area (Å²) in [7, 11) is 0. The summed E-state index contributed by atoms with van der Waals surface area (Å²) < 4.78 is 10.7. The number of hydrogen-bond acceptors (Lipinski definition) is 6. The molecule has 2 heterocycles. The van der Waals surface area contributed by atoms with Crippen LogP contribution in [-0.2, 0) is 9.59 Å². The number of para-hydroxylation sites is 1. The Morgan fingerprint density at radius 3 is 2.75 bits per heavy atom. The lowest BCUT2D eigenvalue weighted by atomic mass is 10.1. The van der Waals surface area contributed by atoms with Gasteiger partial charge in [-0.05, 0) is 35.9 Å². The SMILES string of the molecule is NC(=O)CCN(C1=NC(=Cc2ccc3c(c2)OCO3)C(=O)N1)c1ccccc1. The molecule has 2 aromatic carbocycles. The Hall–Kier alpha value is -3.81. The van der Waals surface area contributed by atoms with E-state index in [4.69, 9.17) is 15.2 Å². The highest BCUT2D eigenvalue weighted by molar-refractivity contribution is 6.18. The number of fused-ring (bicyclic) bond motifs is 1. The molecule has 0 atom stereocenters. The molecule has 0 saturated carbocycles. The summed E-state index contributed by atoms with van der Waals surface area (Å²) in [5.74, 6) is 0.896. The standard InChI is InChI=1S/C20H18N4O4/c21-18(25)8-9-24(14-4-2-1-3-5-14)20-22-15(19(26)23-20)10-13-6-7-16-17(11-13)28-12-27-16/h1-7,10-11H,8-9,12H2,(H2,21,25)(H,22,23,26). The highest BCUT2D eigenvalue weighted by Gasteiger charge is 2.26. The summed E-state index contributed by atoms with van der Waals surface area (Å²) in [5, 5.41) is 2.76.